The Kier molecular flexibility index (Phi) is 5.16. The highest BCUT2D eigenvalue weighted by Gasteiger charge is 2.23. The predicted octanol–water partition coefficient (Wildman–Crippen LogP) is 2.31. The van der Waals surface area contributed by atoms with Gasteiger partial charge in [-0.2, -0.15) is 5.10 Å². The number of rotatable bonds is 5. The van der Waals surface area contributed by atoms with E-state index >= 15 is 0 Å². The van der Waals surface area contributed by atoms with E-state index in [9.17, 15) is 9.90 Å². The Morgan fingerprint density at radius 3 is 2.40 bits per heavy atom. The Bertz CT molecular complexity index is 444. The molecule has 20 heavy (non-hydrogen) atoms. The first kappa shape index (κ1) is 16.5. The molecule has 0 bridgehead atoms. The number of carbonyl (C=O) groups is 1. The van der Waals surface area contributed by atoms with Gasteiger partial charge < -0.3 is 15.7 Å². The average molecular weight is 282 g/mol. The maximum Gasteiger partial charge on any atom is 0.319 e. The number of amides is 2. The molecule has 0 aliphatic heterocycles. The molecule has 3 N–H and O–H groups in total. The smallest absolute Gasteiger partial charge is 0.319 e. The van der Waals surface area contributed by atoms with Gasteiger partial charge in [0.05, 0.1) is 23.0 Å². The van der Waals surface area contributed by atoms with E-state index in [1.54, 1.807) is 17.1 Å². The molecule has 0 aliphatic carbocycles. The molecule has 1 rings (SSSR count). The summed E-state index contributed by atoms with van der Waals surface area (Å²) in [6.07, 6.45) is 4.60. The SMILES string of the molecule is CCC(O)(CC)CNC(=O)Nc1cnn(C(C)(C)C)c1. The standard InChI is InChI=1S/C14H26N4O2/c1-6-14(20,7-2)10-15-12(19)17-11-8-16-18(9-11)13(3,4)5/h8-9,20H,6-7,10H2,1-5H3,(H2,15,17,19). The molecule has 0 unspecified atom stereocenters. The fourth-order valence-electron chi connectivity index (χ4n) is 1.67. The molecular formula is C14H26N4O2. The molecule has 0 saturated heterocycles. The van der Waals surface area contributed by atoms with Crippen molar-refractivity contribution in [1.82, 2.24) is 15.1 Å². The van der Waals surface area contributed by atoms with Crippen LogP contribution in [0.25, 0.3) is 0 Å². The molecule has 6 heteroatoms. The molecule has 0 aliphatic rings. The predicted molar refractivity (Wildman–Crippen MR) is 79.8 cm³/mol. The van der Waals surface area contributed by atoms with Crippen molar-refractivity contribution in [3.63, 3.8) is 0 Å². The molecule has 1 aromatic heterocycles. The van der Waals surface area contributed by atoms with Gasteiger partial charge in [0, 0.05) is 12.7 Å². The van der Waals surface area contributed by atoms with Gasteiger partial charge in [-0.3, -0.25) is 4.68 Å². The molecule has 6 nitrogen and oxygen atoms in total. The molecular weight excluding hydrogens is 256 g/mol. The van der Waals surface area contributed by atoms with Crippen molar-refractivity contribution in [2.75, 3.05) is 11.9 Å². The lowest BCUT2D eigenvalue weighted by molar-refractivity contribution is 0.0354. The summed E-state index contributed by atoms with van der Waals surface area (Å²) in [7, 11) is 0. The van der Waals surface area contributed by atoms with Crippen LogP contribution in [0.3, 0.4) is 0 Å². The first-order valence-electron chi connectivity index (χ1n) is 7.02. The third-order valence-electron chi connectivity index (χ3n) is 3.42. The van der Waals surface area contributed by atoms with Gasteiger partial charge in [-0.15, -0.1) is 0 Å². The summed E-state index contributed by atoms with van der Waals surface area (Å²) in [6, 6.07) is -0.334. The second-order valence-electron chi connectivity index (χ2n) is 6.08. The van der Waals surface area contributed by atoms with Crippen molar-refractivity contribution in [2.24, 2.45) is 0 Å². The molecule has 0 saturated carbocycles. The molecule has 0 aromatic carbocycles. The third kappa shape index (κ3) is 4.52. The van der Waals surface area contributed by atoms with Crippen LogP contribution in [0.1, 0.15) is 47.5 Å². The monoisotopic (exact) mass is 282 g/mol. The number of aromatic nitrogens is 2. The van der Waals surface area contributed by atoms with Crippen molar-refractivity contribution in [2.45, 2.75) is 58.6 Å². The number of carbonyl (C=O) groups excluding carboxylic acids is 1. The third-order valence-corrected chi connectivity index (χ3v) is 3.42. The maximum atomic E-state index is 11.8. The Balaban J connectivity index is 2.53. The number of hydrogen-bond donors (Lipinski definition) is 3. The lowest BCUT2D eigenvalue weighted by atomic mass is 9.98. The van der Waals surface area contributed by atoms with E-state index in [2.05, 4.69) is 15.7 Å². The second-order valence-corrected chi connectivity index (χ2v) is 6.08. The Hall–Kier alpha value is -1.56. The number of urea groups is 1. The van der Waals surface area contributed by atoms with Crippen LogP contribution >= 0.6 is 0 Å². The van der Waals surface area contributed by atoms with E-state index in [1.807, 2.05) is 34.6 Å². The van der Waals surface area contributed by atoms with Crippen LogP contribution in [-0.4, -0.2) is 33.1 Å². The van der Waals surface area contributed by atoms with Crippen molar-refractivity contribution >= 4 is 11.7 Å². The summed E-state index contributed by atoms with van der Waals surface area (Å²) in [5.74, 6) is 0. The average Bonchev–Trinajstić information content (AvgIpc) is 2.84. The van der Waals surface area contributed by atoms with Gasteiger partial charge in [0.2, 0.25) is 0 Å². The lowest BCUT2D eigenvalue weighted by Gasteiger charge is -2.25. The molecule has 114 valence electrons. The fraction of sp³-hybridized carbons (Fsp3) is 0.714. The fourth-order valence-corrected chi connectivity index (χ4v) is 1.67. The first-order chi connectivity index (χ1) is 9.20. The zero-order valence-electron chi connectivity index (χ0n) is 13.0. The van der Waals surface area contributed by atoms with Crippen molar-refractivity contribution in [3.05, 3.63) is 12.4 Å². The summed E-state index contributed by atoms with van der Waals surface area (Å²) in [5, 5.41) is 19.7. The quantitative estimate of drug-likeness (QED) is 0.775. The van der Waals surface area contributed by atoms with Gasteiger partial charge in [-0.05, 0) is 33.6 Å². The maximum absolute atomic E-state index is 11.8. The molecule has 0 radical (unpaired) electrons. The molecule has 2 amide bonds. The van der Waals surface area contributed by atoms with E-state index in [0.717, 1.165) is 0 Å². The van der Waals surface area contributed by atoms with Crippen LogP contribution in [-0.2, 0) is 5.54 Å². The summed E-state index contributed by atoms with van der Waals surface area (Å²) in [5.41, 5.74) is -0.331. The van der Waals surface area contributed by atoms with E-state index in [-0.39, 0.29) is 18.1 Å². The zero-order valence-corrected chi connectivity index (χ0v) is 13.0. The molecule has 0 fully saturated rings. The Morgan fingerprint density at radius 1 is 1.35 bits per heavy atom. The van der Waals surface area contributed by atoms with Crippen LogP contribution in [0.4, 0.5) is 10.5 Å². The van der Waals surface area contributed by atoms with Crippen LogP contribution in [0.5, 0.6) is 0 Å². The Labute approximate surface area is 120 Å². The van der Waals surface area contributed by atoms with Crippen molar-refractivity contribution < 1.29 is 9.90 Å². The molecule has 0 spiro atoms. The van der Waals surface area contributed by atoms with Crippen molar-refractivity contribution in [1.29, 1.82) is 0 Å². The van der Waals surface area contributed by atoms with Crippen molar-refractivity contribution in [3.8, 4) is 0 Å². The number of nitrogens with zero attached hydrogens (tertiary/aromatic N) is 2. The van der Waals surface area contributed by atoms with Gasteiger partial charge >= 0.3 is 6.03 Å². The van der Waals surface area contributed by atoms with Gasteiger partial charge in [0.25, 0.3) is 0 Å². The van der Waals surface area contributed by atoms with E-state index in [1.165, 1.54) is 0 Å². The molecule has 1 heterocycles. The first-order valence-corrected chi connectivity index (χ1v) is 7.02. The van der Waals surface area contributed by atoms with Gasteiger partial charge in [-0.25, -0.2) is 4.79 Å². The number of nitrogens with one attached hydrogen (secondary N) is 2. The minimum absolute atomic E-state index is 0.124. The summed E-state index contributed by atoms with van der Waals surface area (Å²) >= 11 is 0. The zero-order chi connectivity index (χ0) is 15.4. The highest BCUT2D eigenvalue weighted by molar-refractivity contribution is 5.88. The van der Waals surface area contributed by atoms with Crippen LogP contribution in [0.2, 0.25) is 0 Å². The van der Waals surface area contributed by atoms with Crippen LogP contribution in [0, 0.1) is 0 Å². The highest BCUT2D eigenvalue weighted by atomic mass is 16.3. The molecule has 0 atom stereocenters. The minimum Gasteiger partial charge on any atom is -0.388 e. The van der Waals surface area contributed by atoms with E-state index < -0.39 is 5.60 Å². The summed E-state index contributed by atoms with van der Waals surface area (Å²) in [4.78, 5) is 11.8. The van der Waals surface area contributed by atoms with Crippen LogP contribution < -0.4 is 10.6 Å². The normalized spacial score (nSPS) is 12.3. The lowest BCUT2D eigenvalue weighted by Crippen LogP contribution is -2.43. The number of aliphatic hydroxyl groups is 1. The highest BCUT2D eigenvalue weighted by Crippen LogP contribution is 2.16. The van der Waals surface area contributed by atoms with Gasteiger partial charge in [0.15, 0.2) is 0 Å². The van der Waals surface area contributed by atoms with Gasteiger partial charge in [-0.1, -0.05) is 13.8 Å². The topological polar surface area (TPSA) is 79.2 Å². The summed E-state index contributed by atoms with van der Waals surface area (Å²) < 4.78 is 1.79. The van der Waals surface area contributed by atoms with Gasteiger partial charge in [0.1, 0.15) is 0 Å². The second kappa shape index (κ2) is 6.26. The minimum atomic E-state index is -0.840. The van der Waals surface area contributed by atoms with E-state index in [0.29, 0.717) is 18.5 Å². The largest absolute Gasteiger partial charge is 0.388 e. The summed E-state index contributed by atoms with van der Waals surface area (Å²) in [6.45, 7) is 10.1. The number of hydrogen-bond acceptors (Lipinski definition) is 3. The Morgan fingerprint density at radius 2 is 1.95 bits per heavy atom. The van der Waals surface area contributed by atoms with Crippen LogP contribution in [0.15, 0.2) is 12.4 Å². The number of anilines is 1. The molecule has 1 aromatic rings. The van der Waals surface area contributed by atoms with E-state index in [4.69, 9.17) is 0 Å².